The second-order valence-electron chi connectivity index (χ2n) is 4.56. The summed E-state index contributed by atoms with van der Waals surface area (Å²) in [6, 6.07) is 0. The van der Waals surface area contributed by atoms with Crippen LogP contribution in [0, 0.1) is 0 Å². The molecule has 2 heterocycles. The topological polar surface area (TPSA) is 68.7 Å². The predicted octanol–water partition coefficient (Wildman–Crippen LogP) is 2.85. The highest BCUT2D eigenvalue weighted by molar-refractivity contribution is 7.15. The molecule has 1 aliphatic heterocycles. The van der Waals surface area contributed by atoms with Crippen LogP contribution in [0.4, 0.5) is 0 Å². The first kappa shape index (κ1) is 13.7. The van der Waals surface area contributed by atoms with Crippen LogP contribution in [0.5, 0.6) is 0 Å². The number of rotatable bonds is 3. The zero-order valence-electron chi connectivity index (χ0n) is 10.3. The molecular weight excluding hydrogens is 278 g/mol. The Hall–Kier alpha value is -0.690. The SMILES string of the molecule is CC[C@@]1(C(=O)O)OC(C)(C)O[C@H]1c1cnc(Cl)s1. The highest BCUT2D eigenvalue weighted by atomic mass is 35.5. The van der Waals surface area contributed by atoms with E-state index in [1.807, 2.05) is 0 Å². The average molecular weight is 292 g/mol. The molecule has 0 unspecified atom stereocenters. The van der Waals surface area contributed by atoms with Gasteiger partial charge in [0.1, 0.15) is 6.10 Å². The minimum absolute atomic E-state index is 0.298. The number of carboxylic acid groups (broad SMARTS) is 1. The molecule has 1 N–H and O–H groups in total. The molecule has 7 heteroatoms. The number of nitrogens with zero attached hydrogens (tertiary/aromatic N) is 1. The van der Waals surface area contributed by atoms with Crippen LogP contribution in [0.15, 0.2) is 6.20 Å². The van der Waals surface area contributed by atoms with Crippen molar-refractivity contribution in [2.75, 3.05) is 0 Å². The Kier molecular flexibility index (Phi) is 3.40. The van der Waals surface area contributed by atoms with E-state index in [9.17, 15) is 9.90 Å². The van der Waals surface area contributed by atoms with Crippen molar-refractivity contribution in [1.29, 1.82) is 0 Å². The zero-order chi connectivity index (χ0) is 13.6. The second kappa shape index (κ2) is 4.45. The van der Waals surface area contributed by atoms with Gasteiger partial charge in [0.2, 0.25) is 0 Å². The van der Waals surface area contributed by atoms with Gasteiger partial charge < -0.3 is 14.6 Å². The summed E-state index contributed by atoms with van der Waals surface area (Å²) in [5.41, 5.74) is -1.39. The van der Waals surface area contributed by atoms with Crippen molar-refractivity contribution in [1.82, 2.24) is 4.98 Å². The summed E-state index contributed by atoms with van der Waals surface area (Å²) in [6.45, 7) is 5.15. The summed E-state index contributed by atoms with van der Waals surface area (Å²) < 4.78 is 11.7. The van der Waals surface area contributed by atoms with Crippen LogP contribution in [-0.4, -0.2) is 27.4 Å². The first-order valence-corrected chi connectivity index (χ1v) is 6.73. The van der Waals surface area contributed by atoms with Gasteiger partial charge in [-0.1, -0.05) is 18.5 Å². The molecule has 18 heavy (non-hydrogen) atoms. The van der Waals surface area contributed by atoms with Crippen molar-refractivity contribution >= 4 is 28.9 Å². The van der Waals surface area contributed by atoms with Crippen LogP contribution in [0.1, 0.15) is 38.2 Å². The van der Waals surface area contributed by atoms with E-state index in [2.05, 4.69) is 4.98 Å². The van der Waals surface area contributed by atoms with Gasteiger partial charge in [0.05, 0.1) is 4.88 Å². The molecule has 1 aliphatic rings. The standard InChI is InChI=1S/C11H14ClNO4S/c1-4-11(8(14)15)7(16-10(2,3)17-11)6-5-13-9(12)18-6/h5,7H,4H2,1-3H3,(H,14,15)/t7-,11+/m0/s1. The number of ether oxygens (including phenoxy) is 2. The van der Waals surface area contributed by atoms with Crippen molar-refractivity contribution in [3.63, 3.8) is 0 Å². The molecule has 1 aromatic heterocycles. The van der Waals surface area contributed by atoms with Crippen LogP contribution < -0.4 is 0 Å². The molecular formula is C11H14ClNO4S. The normalized spacial score (nSPS) is 30.6. The van der Waals surface area contributed by atoms with Crippen molar-refractivity contribution in [3.05, 3.63) is 15.5 Å². The van der Waals surface area contributed by atoms with E-state index >= 15 is 0 Å². The third-order valence-corrected chi connectivity index (χ3v) is 4.05. The minimum Gasteiger partial charge on any atom is -0.479 e. The van der Waals surface area contributed by atoms with E-state index < -0.39 is 23.5 Å². The van der Waals surface area contributed by atoms with E-state index in [0.29, 0.717) is 15.8 Å². The Balaban J connectivity index is 2.46. The Morgan fingerprint density at radius 3 is 2.78 bits per heavy atom. The smallest absolute Gasteiger partial charge is 0.339 e. The van der Waals surface area contributed by atoms with E-state index in [-0.39, 0.29) is 0 Å². The maximum atomic E-state index is 11.6. The Morgan fingerprint density at radius 1 is 1.67 bits per heavy atom. The molecule has 0 aromatic carbocycles. The molecule has 100 valence electrons. The van der Waals surface area contributed by atoms with Crippen molar-refractivity contribution in [2.45, 2.75) is 44.7 Å². The highest BCUT2D eigenvalue weighted by Crippen LogP contribution is 2.49. The van der Waals surface area contributed by atoms with Gasteiger partial charge in [-0.15, -0.1) is 11.3 Å². The number of carbonyl (C=O) groups is 1. The molecule has 0 amide bonds. The monoisotopic (exact) mass is 291 g/mol. The lowest BCUT2D eigenvalue weighted by Crippen LogP contribution is -2.43. The molecule has 1 aromatic rings. The lowest BCUT2D eigenvalue weighted by atomic mass is 9.93. The summed E-state index contributed by atoms with van der Waals surface area (Å²) in [6.07, 6.45) is 1.14. The van der Waals surface area contributed by atoms with E-state index in [1.54, 1.807) is 20.8 Å². The van der Waals surface area contributed by atoms with Gasteiger partial charge in [-0.25, -0.2) is 9.78 Å². The number of hydrogen-bond donors (Lipinski definition) is 1. The van der Waals surface area contributed by atoms with E-state index in [0.717, 1.165) is 0 Å². The molecule has 0 saturated carbocycles. The maximum Gasteiger partial charge on any atom is 0.339 e. The third-order valence-electron chi connectivity index (χ3n) is 2.89. The fourth-order valence-electron chi connectivity index (χ4n) is 2.13. The highest BCUT2D eigenvalue weighted by Gasteiger charge is 2.58. The Labute approximate surface area is 114 Å². The fraction of sp³-hybridized carbons (Fsp3) is 0.636. The summed E-state index contributed by atoms with van der Waals surface area (Å²) in [4.78, 5) is 16.2. The molecule has 0 radical (unpaired) electrons. The maximum absolute atomic E-state index is 11.6. The molecule has 2 atom stereocenters. The predicted molar refractivity (Wildman–Crippen MR) is 66.8 cm³/mol. The second-order valence-corrected chi connectivity index (χ2v) is 6.21. The Bertz CT molecular complexity index is 475. The zero-order valence-corrected chi connectivity index (χ0v) is 11.8. The average Bonchev–Trinajstić information content (AvgIpc) is 2.80. The minimum atomic E-state index is -1.39. The summed E-state index contributed by atoms with van der Waals surface area (Å²) in [7, 11) is 0. The molecule has 1 saturated heterocycles. The van der Waals surface area contributed by atoms with Crippen LogP contribution >= 0.6 is 22.9 Å². The van der Waals surface area contributed by atoms with Crippen LogP contribution in [-0.2, 0) is 14.3 Å². The molecule has 0 aliphatic carbocycles. The van der Waals surface area contributed by atoms with Crippen molar-refractivity contribution in [3.8, 4) is 0 Å². The van der Waals surface area contributed by atoms with Gasteiger partial charge in [-0.3, -0.25) is 0 Å². The quantitative estimate of drug-likeness (QED) is 0.927. The lowest BCUT2D eigenvalue weighted by molar-refractivity contribution is -0.185. The van der Waals surface area contributed by atoms with Gasteiger partial charge in [0, 0.05) is 6.20 Å². The third kappa shape index (κ3) is 2.14. The first-order chi connectivity index (χ1) is 8.31. The molecule has 0 spiro atoms. The summed E-state index contributed by atoms with van der Waals surface area (Å²) in [5, 5.41) is 9.48. The fourth-order valence-corrected chi connectivity index (χ4v) is 3.20. The van der Waals surface area contributed by atoms with Crippen molar-refractivity contribution in [2.24, 2.45) is 0 Å². The van der Waals surface area contributed by atoms with Crippen LogP contribution in [0.25, 0.3) is 0 Å². The van der Waals surface area contributed by atoms with Crippen LogP contribution in [0.2, 0.25) is 4.47 Å². The number of aromatic nitrogens is 1. The number of carboxylic acids is 1. The Morgan fingerprint density at radius 2 is 2.33 bits per heavy atom. The first-order valence-electron chi connectivity index (χ1n) is 5.53. The largest absolute Gasteiger partial charge is 0.479 e. The van der Waals surface area contributed by atoms with Crippen LogP contribution in [0.3, 0.4) is 0 Å². The summed E-state index contributed by atoms with van der Waals surface area (Å²) in [5.74, 6) is -1.99. The molecule has 0 bridgehead atoms. The summed E-state index contributed by atoms with van der Waals surface area (Å²) >= 11 is 7.00. The molecule has 2 rings (SSSR count). The molecule has 1 fully saturated rings. The van der Waals surface area contributed by atoms with Gasteiger partial charge in [0.15, 0.2) is 15.9 Å². The van der Waals surface area contributed by atoms with Gasteiger partial charge >= 0.3 is 5.97 Å². The molecule has 5 nitrogen and oxygen atoms in total. The number of thiazole rings is 1. The van der Waals surface area contributed by atoms with Gasteiger partial charge in [-0.05, 0) is 20.3 Å². The van der Waals surface area contributed by atoms with E-state index in [1.165, 1.54) is 17.5 Å². The number of aliphatic carboxylic acids is 1. The number of hydrogen-bond acceptors (Lipinski definition) is 5. The lowest BCUT2D eigenvalue weighted by Gasteiger charge is -2.26. The van der Waals surface area contributed by atoms with Gasteiger partial charge in [0.25, 0.3) is 0 Å². The van der Waals surface area contributed by atoms with Crippen molar-refractivity contribution < 1.29 is 19.4 Å². The number of halogens is 1. The van der Waals surface area contributed by atoms with E-state index in [4.69, 9.17) is 21.1 Å². The van der Waals surface area contributed by atoms with Gasteiger partial charge in [-0.2, -0.15) is 0 Å².